The van der Waals surface area contributed by atoms with Crippen molar-refractivity contribution < 1.29 is 0 Å². The van der Waals surface area contributed by atoms with Crippen LogP contribution >= 0.6 is 11.3 Å². The molecule has 2 heteroatoms. The summed E-state index contributed by atoms with van der Waals surface area (Å²) < 4.78 is 2.58. The molecule has 0 saturated heterocycles. The maximum absolute atomic E-state index is 2.46. The largest absolute Gasteiger partial charge is 0.310 e. The fraction of sp³-hybridized carbons (Fsp3) is 0.0625. The third-order valence-corrected chi connectivity index (χ3v) is 15.7. The topological polar surface area (TPSA) is 3.24 Å². The quantitative estimate of drug-likeness (QED) is 0.154. The predicted molar refractivity (Wildman–Crippen MR) is 280 cm³/mol. The minimum absolute atomic E-state index is 0.0768. The molecule has 0 atom stereocenters. The van der Waals surface area contributed by atoms with Crippen molar-refractivity contribution in [2.45, 2.75) is 24.7 Å². The molecule has 312 valence electrons. The summed E-state index contributed by atoms with van der Waals surface area (Å²) in [7, 11) is 0. The first kappa shape index (κ1) is 38.7. The summed E-state index contributed by atoms with van der Waals surface area (Å²) in [6.07, 6.45) is 0. The van der Waals surface area contributed by atoms with Crippen LogP contribution in [0, 0.1) is 0 Å². The highest BCUT2D eigenvalue weighted by Gasteiger charge is 2.46. The zero-order chi connectivity index (χ0) is 44.0. The molecule has 2 aliphatic carbocycles. The molecule has 10 aromatic carbocycles. The van der Waals surface area contributed by atoms with Gasteiger partial charge in [-0.1, -0.05) is 196 Å². The molecule has 0 aliphatic heterocycles. The van der Waals surface area contributed by atoms with Gasteiger partial charge in [-0.25, -0.2) is 0 Å². The fourth-order valence-electron chi connectivity index (χ4n) is 11.5. The van der Waals surface area contributed by atoms with Crippen LogP contribution in [0.15, 0.2) is 237 Å². The summed E-state index contributed by atoms with van der Waals surface area (Å²) in [6.45, 7) is 4.74. The smallest absolute Gasteiger partial charge is 0.0714 e. The fourth-order valence-corrected chi connectivity index (χ4v) is 12.6. The third kappa shape index (κ3) is 5.71. The van der Waals surface area contributed by atoms with E-state index in [2.05, 4.69) is 255 Å². The first-order valence-electron chi connectivity index (χ1n) is 23.0. The average molecular weight is 860 g/mol. The van der Waals surface area contributed by atoms with E-state index >= 15 is 0 Å². The number of anilines is 3. The molecule has 0 unspecified atom stereocenters. The van der Waals surface area contributed by atoms with Crippen LogP contribution in [0.3, 0.4) is 0 Å². The molecule has 1 heterocycles. The van der Waals surface area contributed by atoms with Gasteiger partial charge >= 0.3 is 0 Å². The van der Waals surface area contributed by atoms with Crippen LogP contribution in [0.4, 0.5) is 17.1 Å². The van der Waals surface area contributed by atoms with Gasteiger partial charge in [0.25, 0.3) is 0 Å². The van der Waals surface area contributed by atoms with Gasteiger partial charge in [0.2, 0.25) is 0 Å². The summed E-state index contributed by atoms with van der Waals surface area (Å²) in [5.41, 5.74) is 20.9. The maximum atomic E-state index is 2.46. The van der Waals surface area contributed by atoms with Crippen LogP contribution in [0.1, 0.15) is 47.2 Å². The van der Waals surface area contributed by atoms with Crippen molar-refractivity contribution in [3.05, 3.63) is 270 Å². The highest BCUT2D eigenvalue weighted by molar-refractivity contribution is 7.26. The molecule has 0 bridgehead atoms. The number of benzene rings is 10. The van der Waals surface area contributed by atoms with Crippen molar-refractivity contribution in [1.82, 2.24) is 0 Å². The van der Waals surface area contributed by atoms with Gasteiger partial charge < -0.3 is 4.90 Å². The normalized spacial score (nSPS) is 13.8. The van der Waals surface area contributed by atoms with Gasteiger partial charge in [-0.2, -0.15) is 0 Å². The molecular formula is C64H45NS. The van der Waals surface area contributed by atoms with Crippen molar-refractivity contribution in [1.29, 1.82) is 0 Å². The van der Waals surface area contributed by atoms with E-state index in [1.54, 1.807) is 0 Å². The van der Waals surface area contributed by atoms with Crippen molar-refractivity contribution in [3.8, 4) is 44.5 Å². The Labute approximate surface area is 390 Å². The lowest BCUT2D eigenvalue weighted by atomic mass is 9.67. The number of thiophene rings is 1. The SMILES string of the molecule is CC1(C)c2ccccc2-c2ccc(-c3cccc4sc5ccc(N(c6ccc(-c7ccccc7)cc6)c6cccc(C7(c8ccccc8)c8ccccc8-c8ccccc87)c6)cc5c34)cc21. The first-order chi connectivity index (χ1) is 32.5. The molecule has 13 rings (SSSR count). The molecule has 1 nitrogen and oxygen atoms in total. The molecule has 1 aromatic heterocycles. The van der Waals surface area contributed by atoms with E-state index < -0.39 is 5.41 Å². The Bertz CT molecular complexity index is 3630. The molecule has 11 aromatic rings. The van der Waals surface area contributed by atoms with Gasteiger partial charge in [0.1, 0.15) is 0 Å². The van der Waals surface area contributed by atoms with Gasteiger partial charge in [-0.3, -0.25) is 0 Å². The summed E-state index contributed by atoms with van der Waals surface area (Å²) in [4.78, 5) is 2.46. The number of nitrogens with zero attached hydrogens (tertiary/aromatic N) is 1. The van der Waals surface area contributed by atoms with Gasteiger partial charge in [0, 0.05) is 42.6 Å². The second kappa shape index (κ2) is 14.9. The van der Waals surface area contributed by atoms with E-state index in [1.165, 1.54) is 98.1 Å². The molecule has 0 amide bonds. The van der Waals surface area contributed by atoms with Crippen LogP contribution in [-0.4, -0.2) is 0 Å². The average Bonchev–Trinajstić information content (AvgIpc) is 3.98. The second-order valence-corrected chi connectivity index (χ2v) is 19.5. The zero-order valence-corrected chi connectivity index (χ0v) is 37.7. The number of hydrogen-bond acceptors (Lipinski definition) is 2. The third-order valence-electron chi connectivity index (χ3n) is 14.6. The van der Waals surface area contributed by atoms with Crippen molar-refractivity contribution in [3.63, 3.8) is 0 Å². The molecule has 0 radical (unpaired) electrons. The monoisotopic (exact) mass is 859 g/mol. The summed E-state index contributed by atoms with van der Waals surface area (Å²) in [5, 5.41) is 2.58. The lowest BCUT2D eigenvalue weighted by Crippen LogP contribution is -2.28. The van der Waals surface area contributed by atoms with Crippen LogP contribution in [-0.2, 0) is 10.8 Å². The van der Waals surface area contributed by atoms with Crippen LogP contribution < -0.4 is 4.90 Å². The second-order valence-electron chi connectivity index (χ2n) is 18.4. The Morgan fingerprint density at radius 3 is 1.59 bits per heavy atom. The standard InChI is InChI=1S/C64H45NS/c1-63(2)56-27-12-9-23-51(56)54-37-33-44(39-59(54)63)50-26-16-30-61-62(50)55-41-49(36-38-60(55)66-61)65(47-34-31-43(32-35-47)42-17-5-3-6-18-42)48-22-15-21-46(40-48)64(45-19-7-4-8-20-45)57-28-13-10-24-52(57)53-25-11-14-29-58(53)64/h3-41H,1-2H3. The minimum Gasteiger partial charge on any atom is -0.310 e. The first-order valence-corrected chi connectivity index (χ1v) is 23.8. The van der Waals surface area contributed by atoms with E-state index in [4.69, 9.17) is 0 Å². The molecule has 0 N–H and O–H groups in total. The zero-order valence-electron chi connectivity index (χ0n) is 36.9. The molecular weight excluding hydrogens is 815 g/mol. The van der Waals surface area contributed by atoms with E-state index in [1.807, 2.05) is 11.3 Å². The lowest BCUT2D eigenvalue weighted by Gasteiger charge is -2.35. The molecule has 66 heavy (non-hydrogen) atoms. The maximum Gasteiger partial charge on any atom is 0.0714 e. The Morgan fingerprint density at radius 2 is 0.864 bits per heavy atom. The number of rotatable bonds is 7. The van der Waals surface area contributed by atoms with E-state index in [-0.39, 0.29) is 5.41 Å². The molecule has 0 spiro atoms. The van der Waals surface area contributed by atoms with E-state index in [0.29, 0.717) is 0 Å². The van der Waals surface area contributed by atoms with E-state index in [0.717, 1.165) is 17.1 Å². The summed E-state index contributed by atoms with van der Waals surface area (Å²) in [6, 6.07) is 88.2. The van der Waals surface area contributed by atoms with E-state index in [9.17, 15) is 0 Å². The predicted octanol–water partition coefficient (Wildman–Crippen LogP) is 17.5. The van der Waals surface area contributed by atoms with Crippen LogP contribution in [0.25, 0.3) is 64.7 Å². The Morgan fingerprint density at radius 1 is 0.333 bits per heavy atom. The Kier molecular flexibility index (Phi) is 8.72. The van der Waals surface area contributed by atoms with Gasteiger partial charge in [0.15, 0.2) is 0 Å². The number of fused-ring (bicyclic) bond motifs is 9. The Balaban J connectivity index is 1.01. The van der Waals surface area contributed by atoms with Crippen LogP contribution in [0.5, 0.6) is 0 Å². The van der Waals surface area contributed by atoms with Crippen LogP contribution in [0.2, 0.25) is 0 Å². The highest BCUT2D eigenvalue weighted by atomic mass is 32.1. The highest BCUT2D eigenvalue weighted by Crippen LogP contribution is 2.57. The molecule has 2 aliphatic rings. The lowest BCUT2D eigenvalue weighted by molar-refractivity contribution is 0.660. The van der Waals surface area contributed by atoms with Gasteiger partial charge in [-0.15, -0.1) is 11.3 Å². The van der Waals surface area contributed by atoms with Crippen molar-refractivity contribution >= 4 is 48.6 Å². The van der Waals surface area contributed by atoms with Gasteiger partial charge in [0.05, 0.1) is 5.41 Å². The number of hydrogen-bond donors (Lipinski definition) is 0. The summed E-state index contributed by atoms with van der Waals surface area (Å²) >= 11 is 1.88. The molecule has 0 fully saturated rings. The molecule has 0 saturated carbocycles. The van der Waals surface area contributed by atoms with Crippen molar-refractivity contribution in [2.75, 3.05) is 4.90 Å². The summed E-state index contributed by atoms with van der Waals surface area (Å²) in [5.74, 6) is 0. The van der Waals surface area contributed by atoms with Gasteiger partial charge in [-0.05, 0) is 132 Å². The van der Waals surface area contributed by atoms with Crippen molar-refractivity contribution in [2.24, 2.45) is 0 Å². The Hall–Kier alpha value is -7.78. The minimum atomic E-state index is -0.512.